The number of ether oxygens (including phenoxy) is 1. The van der Waals surface area contributed by atoms with Crippen molar-refractivity contribution >= 4 is 11.8 Å². The molecule has 2 heterocycles. The molecule has 0 aliphatic rings. The van der Waals surface area contributed by atoms with E-state index in [1.165, 1.54) is 23.9 Å². The lowest BCUT2D eigenvalue weighted by atomic mass is 10.1. The van der Waals surface area contributed by atoms with Gasteiger partial charge >= 0.3 is 0 Å². The summed E-state index contributed by atoms with van der Waals surface area (Å²) in [6.45, 7) is 3.97. The number of methoxy groups -OCH3 is 1. The number of pyridine rings is 1. The lowest BCUT2D eigenvalue weighted by Gasteiger charge is -2.11. The van der Waals surface area contributed by atoms with Gasteiger partial charge in [-0.1, -0.05) is 11.8 Å². The molecule has 24 heavy (non-hydrogen) atoms. The second-order valence-electron chi connectivity index (χ2n) is 5.33. The van der Waals surface area contributed by atoms with E-state index in [1.807, 2.05) is 13.8 Å². The number of aryl methyl sites for hydroxylation is 1. The molecule has 6 heteroatoms. The summed E-state index contributed by atoms with van der Waals surface area (Å²) < 4.78 is 24.1. The quantitative estimate of drug-likeness (QED) is 0.623. The van der Waals surface area contributed by atoms with Crippen molar-refractivity contribution < 1.29 is 13.5 Å². The summed E-state index contributed by atoms with van der Waals surface area (Å²) in [5, 5.41) is 0.551. The topological polar surface area (TPSA) is 48.2 Å². The molecule has 0 spiro atoms. The van der Waals surface area contributed by atoms with E-state index in [9.17, 15) is 4.39 Å². The highest BCUT2D eigenvalue weighted by Crippen LogP contribution is 2.30. The Labute approximate surface area is 144 Å². The largest absolute Gasteiger partial charge is 0.496 e. The molecule has 0 aliphatic heterocycles. The van der Waals surface area contributed by atoms with Gasteiger partial charge in [-0.15, -0.1) is 0 Å². The number of aromatic nitrogens is 2. The molecular formula is C18H17FN2O2S. The fraction of sp³-hybridized carbons (Fsp3) is 0.222. The van der Waals surface area contributed by atoms with Crippen LogP contribution in [0.3, 0.4) is 0 Å². The average molecular weight is 344 g/mol. The third kappa shape index (κ3) is 3.43. The van der Waals surface area contributed by atoms with Crippen LogP contribution in [-0.2, 0) is 5.75 Å². The maximum absolute atomic E-state index is 13.0. The predicted octanol–water partition coefficient (Wildman–Crippen LogP) is 4.79. The zero-order valence-electron chi connectivity index (χ0n) is 13.7. The standard InChI is InChI=1S/C18H17FN2O2S/c1-11-8-20-15(12(2)17(11)22-3)10-24-18-21-9-16(23-18)13-4-6-14(19)7-5-13/h4-9H,10H2,1-3H3. The van der Waals surface area contributed by atoms with Gasteiger partial charge in [-0.2, -0.15) is 0 Å². The molecule has 0 N–H and O–H groups in total. The Hall–Kier alpha value is -2.34. The first kappa shape index (κ1) is 16.5. The Kier molecular flexibility index (Phi) is 4.85. The van der Waals surface area contributed by atoms with E-state index >= 15 is 0 Å². The van der Waals surface area contributed by atoms with Crippen molar-refractivity contribution in [1.82, 2.24) is 9.97 Å². The fourth-order valence-corrected chi connectivity index (χ4v) is 3.25. The number of hydrogen-bond donors (Lipinski definition) is 0. The Morgan fingerprint density at radius 3 is 2.58 bits per heavy atom. The first-order valence-corrected chi connectivity index (χ1v) is 8.40. The molecule has 0 unspecified atom stereocenters. The molecule has 3 rings (SSSR count). The lowest BCUT2D eigenvalue weighted by Crippen LogP contribution is -1.98. The van der Waals surface area contributed by atoms with Crippen LogP contribution in [0.5, 0.6) is 5.75 Å². The van der Waals surface area contributed by atoms with Crippen molar-refractivity contribution in [3.8, 4) is 17.1 Å². The summed E-state index contributed by atoms with van der Waals surface area (Å²) >= 11 is 1.46. The van der Waals surface area contributed by atoms with Crippen LogP contribution in [0.15, 0.2) is 46.3 Å². The smallest absolute Gasteiger partial charge is 0.256 e. The van der Waals surface area contributed by atoms with Gasteiger partial charge < -0.3 is 9.15 Å². The highest BCUT2D eigenvalue weighted by molar-refractivity contribution is 7.98. The lowest BCUT2D eigenvalue weighted by molar-refractivity contribution is 0.407. The van der Waals surface area contributed by atoms with E-state index in [-0.39, 0.29) is 5.82 Å². The van der Waals surface area contributed by atoms with E-state index in [4.69, 9.17) is 9.15 Å². The molecule has 0 aliphatic carbocycles. The van der Waals surface area contributed by atoms with E-state index in [0.29, 0.717) is 16.7 Å². The van der Waals surface area contributed by atoms with Gasteiger partial charge in [0, 0.05) is 28.6 Å². The van der Waals surface area contributed by atoms with Gasteiger partial charge in [0.1, 0.15) is 11.6 Å². The second-order valence-corrected chi connectivity index (χ2v) is 6.26. The zero-order chi connectivity index (χ0) is 17.1. The molecule has 0 atom stereocenters. The predicted molar refractivity (Wildman–Crippen MR) is 91.7 cm³/mol. The molecule has 0 bridgehead atoms. The van der Waals surface area contributed by atoms with Crippen LogP contribution in [0.2, 0.25) is 0 Å². The summed E-state index contributed by atoms with van der Waals surface area (Å²) in [7, 11) is 1.66. The third-order valence-electron chi connectivity index (χ3n) is 3.70. The molecular weight excluding hydrogens is 327 g/mol. The Morgan fingerprint density at radius 1 is 1.12 bits per heavy atom. The number of oxazole rings is 1. The molecule has 0 saturated heterocycles. The van der Waals surface area contributed by atoms with E-state index in [1.54, 1.807) is 31.6 Å². The van der Waals surface area contributed by atoms with Crippen molar-refractivity contribution in [2.75, 3.05) is 7.11 Å². The molecule has 4 nitrogen and oxygen atoms in total. The summed E-state index contributed by atoms with van der Waals surface area (Å²) in [5.74, 6) is 1.83. The number of rotatable bonds is 5. The Bertz CT molecular complexity index is 847. The van der Waals surface area contributed by atoms with Crippen molar-refractivity contribution in [3.63, 3.8) is 0 Å². The second kappa shape index (κ2) is 7.05. The Morgan fingerprint density at radius 2 is 1.88 bits per heavy atom. The van der Waals surface area contributed by atoms with Crippen molar-refractivity contribution in [2.45, 2.75) is 24.8 Å². The highest BCUT2D eigenvalue weighted by Gasteiger charge is 2.12. The maximum Gasteiger partial charge on any atom is 0.256 e. The third-order valence-corrected chi connectivity index (χ3v) is 4.55. The highest BCUT2D eigenvalue weighted by atomic mass is 32.2. The van der Waals surface area contributed by atoms with Gasteiger partial charge in [-0.25, -0.2) is 9.37 Å². The Balaban J connectivity index is 1.73. The van der Waals surface area contributed by atoms with Gasteiger partial charge in [-0.3, -0.25) is 4.98 Å². The van der Waals surface area contributed by atoms with Gasteiger partial charge in [0.2, 0.25) is 0 Å². The van der Waals surface area contributed by atoms with Gasteiger partial charge in [0.15, 0.2) is 5.76 Å². The summed E-state index contributed by atoms with van der Waals surface area (Å²) in [6.07, 6.45) is 3.45. The van der Waals surface area contributed by atoms with Crippen LogP contribution < -0.4 is 4.74 Å². The molecule has 0 radical (unpaired) electrons. The van der Waals surface area contributed by atoms with Crippen LogP contribution in [0.25, 0.3) is 11.3 Å². The number of benzene rings is 1. The fourth-order valence-electron chi connectivity index (χ4n) is 2.42. The number of hydrogen-bond acceptors (Lipinski definition) is 5. The van der Waals surface area contributed by atoms with Gasteiger partial charge in [-0.05, 0) is 38.1 Å². The van der Waals surface area contributed by atoms with E-state index in [2.05, 4.69) is 9.97 Å². The van der Waals surface area contributed by atoms with E-state index < -0.39 is 0 Å². The van der Waals surface area contributed by atoms with Crippen LogP contribution in [-0.4, -0.2) is 17.1 Å². The summed E-state index contributed by atoms with van der Waals surface area (Å²) in [5.41, 5.74) is 3.76. The monoisotopic (exact) mass is 344 g/mol. The molecule has 0 saturated carbocycles. The first-order chi connectivity index (χ1) is 11.6. The van der Waals surface area contributed by atoms with Crippen molar-refractivity contribution in [2.24, 2.45) is 0 Å². The minimum absolute atomic E-state index is 0.275. The molecule has 0 amide bonds. The average Bonchev–Trinajstić information content (AvgIpc) is 3.04. The van der Waals surface area contributed by atoms with E-state index in [0.717, 1.165) is 28.1 Å². The SMILES string of the molecule is COc1c(C)cnc(CSc2ncc(-c3ccc(F)cc3)o2)c1C. The minimum atomic E-state index is -0.275. The zero-order valence-corrected chi connectivity index (χ0v) is 14.5. The first-order valence-electron chi connectivity index (χ1n) is 7.42. The number of halogens is 1. The number of thioether (sulfide) groups is 1. The summed E-state index contributed by atoms with van der Waals surface area (Å²) in [4.78, 5) is 8.73. The summed E-state index contributed by atoms with van der Waals surface area (Å²) in [6, 6.07) is 6.13. The van der Waals surface area contributed by atoms with Crippen LogP contribution in [0.1, 0.15) is 16.8 Å². The van der Waals surface area contributed by atoms with Crippen molar-refractivity contribution in [1.29, 1.82) is 0 Å². The van der Waals surface area contributed by atoms with Gasteiger partial charge in [0.05, 0.1) is 19.0 Å². The number of nitrogens with zero attached hydrogens (tertiary/aromatic N) is 2. The normalized spacial score (nSPS) is 10.8. The molecule has 2 aromatic heterocycles. The molecule has 1 aromatic carbocycles. The molecule has 3 aromatic rings. The molecule has 124 valence electrons. The molecule has 0 fully saturated rings. The van der Waals surface area contributed by atoms with Gasteiger partial charge in [0.25, 0.3) is 5.22 Å². The van der Waals surface area contributed by atoms with Crippen LogP contribution in [0.4, 0.5) is 4.39 Å². The van der Waals surface area contributed by atoms with Crippen molar-refractivity contribution in [3.05, 3.63) is 59.3 Å². The maximum atomic E-state index is 13.0. The van der Waals surface area contributed by atoms with Crippen LogP contribution in [0, 0.1) is 19.7 Å². The van der Waals surface area contributed by atoms with Crippen LogP contribution >= 0.6 is 11.8 Å². The minimum Gasteiger partial charge on any atom is -0.496 e.